The van der Waals surface area contributed by atoms with Crippen molar-refractivity contribution < 1.29 is 4.39 Å². The number of hydrogen-bond donors (Lipinski definition) is 0. The summed E-state index contributed by atoms with van der Waals surface area (Å²) in [6.45, 7) is 10.1. The topological polar surface area (TPSA) is 3.24 Å². The predicted molar refractivity (Wildman–Crippen MR) is 83.5 cm³/mol. The number of likely N-dealkylation sites (tertiary alicyclic amines) is 1. The third-order valence-corrected chi connectivity index (χ3v) is 5.28. The maximum Gasteiger partial charge on any atom is 0.124 e. The quantitative estimate of drug-likeness (QED) is 0.745. The normalized spacial score (nSPS) is 21.1. The van der Waals surface area contributed by atoms with Crippen LogP contribution in [-0.2, 0) is 6.54 Å². The molecule has 1 saturated heterocycles. The molecule has 112 valence electrons. The van der Waals surface area contributed by atoms with Crippen molar-refractivity contribution in [3.8, 4) is 0 Å². The minimum absolute atomic E-state index is 0.262. The van der Waals surface area contributed by atoms with Gasteiger partial charge in [-0.3, -0.25) is 4.90 Å². The van der Waals surface area contributed by atoms with Crippen LogP contribution in [0.1, 0.15) is 45.6 Å². The Hall–Kier alpha value is -0.600. The molecule has 1 aliphatic heterocycles. The van der Waals surface area contributed by atoms with Crippen molar-refractivity contribution in [2.45, 2.75) is 46.6 Å². The zero-order valence-electron chi connectivity index (χ0n) is 12.8. The number of piperidine rings is 1. The Morgan fingerprint density at radius 2 is 2.15 bits per heavy atom. The number of halogens is 2. The second-order valence-corrected chi connectivity index (χ2v) is 7.06. The van der Waals surface area contributed by atoms with Crippen molar-refractivity contribution in [2.24, 2.45) is 11.3 Å². The molecule has 1 aromatic rings. The van der Waals surface area contributed by atoms with Crippen LogP contribution in [0.2, 0.25) is 5.02 Å². The molecule has 1 atom stereocenters. The Morgan fingerprint density at radius 3 is 2.80 bits per heavy atom. The van der Waals surface area contributed by atoms with Gasteiger partial charge in [0.1, 0.15) is 5.82 Å². The molecule has 1 heterocycles. The summed E-state index contributed by atoms with van der Waals surface area (Å²) in [7, 11) is 0. The lowest BCUT2D eigenvalue weighted by Gasteiger charge is -2.41. The highest BCUT2D eigenvalue weighted by atomic mass is 35.5. The van der Waals surface area contributed by atoms with Gasteiger partial charge in [-0.15, -0.1) is 0 Å². The molecule has 1 nitrogen and oxygen atoms in total. The third kappa shape index (κ3) is 3.73. The van der Waals surface area contributed by atoms with E-state index in [1.165, 1.54) is 31.4 Å². The van der Waals surface area contributed by atoms with Crippen LogP contribution in [0, 0.1) is 17.2 Å². The standard InChI is InChI=1S/C17H25ClFN/c1-4-17(2,3)14-6-5-9-20(12-14)11-13-7-8-15(19)10-16(13)18/h7-8,10,14H,4-6,9,11-12H2,1-3H3. The van der Waals surface area contributed by atoms with Gasteiger partial charge in [-0.05, 0) is 48.4 Å². The second-order valence-electron chi connectivity index (χ2n) is 6.65. The molecule has 20 heavy (non-hydrogen) atoms. The first-order valence-electron chi connectivity index (χ1n) is 7.58. The van der Waals surface area contributed by atoms with Gasteiger partial charge < -0.3 is 0 Å². The monoisotopic (exact) mass is 297 g/mol. The molecule has 0 saturated carbocycles. The molecular weight excluding hydrogens is 273 g/mol. The first-order valence-corrected chi connectivity index (χ1v) is 7.96. The van der Waals surface area contributed by atoms with Crippen LogP contribution in [0.4, 0.5) is 4.39 Å². The molecule has 3 heteroatoms. The average Bonchev–Trinajstić information content (AvgIpc) is 2.42. The van der Waals surface area contributed by atoms with E-state index < -0.39 is 0 Å². The summed E-state index contributed by atoms with van der Waals surface area (Å²) in [6.07, 6.45) is 3.77. The van der Waals surface area contributed by atoms with Crippen molar-refractivity contribution >= 4 is 11.6 Å². The van der Waals surface area contributed by atoms with Crippen molar-refractivity contribution in [1.29, 1.82) is 0 Å². The zero-order valence-corrected chi connectivity index (χ0v) is 13.5. The smallest absolute Gasteiger partial charge is 0.124 e. The SMILES string of the molecule is CCC(C)(C)C1CCCN(Cc2ccc(F)cc2Cl)C1. The van der Waals surface area contributed by atoms with Gasteiger partial charge in [0.25, 0.3) is 0 Å². The molecule has 0 bridgehead atoms. The zero-order chi connectivity index (χ0) is 14.8. The Bertz CT molecular complexity index is 458. The average molecular weight is 298 g/mol. The van der Waals surface area contributed by atoms with E-state index in [1.807, 2.05) is 6.07 Å². The first kappa shape index (κ1) is 15.8. The molecule has 2 rings (SSSR count). The van der Waals surface area contributed by atoms with E-state index >= 15 is 0 Å². The fourth-order valence-electron chi connectivity index (χ4n) is 3.02. The maximum absolute atomic E-state index is 13.1. The van der Waals surface area contributed by atoms with Crippen LogP contribution in [0.15, 0.2) is 18.2 Å². The number of hydrogen-bond acceptors (Lipinski definition) is 1. The maximum atomic E-state index is 13.1. The van der Waals surface area contributed by atoms with E-state index in [4.69, 9.17) is 11.6 Å². The van der Waals surface area contributed by atoms with Crippen LogP contribution in [-0.4, -0.2) is 18.0 Å². The van der Waals surface area contributed by atoms with Crippen LogP contribution in [0.5, 0.6) is 0 Å². The lowest BCUT2D eigenvalue weighted by atomic mass is 9.73. The molecule has 1 aliphatic rings. The van der Waals surface area contributed by atoms with Gasteiger partial charge in [0.2, 0.25) is 0 Å². The lowest BCUT2D eigenvalue weighted by molar-refractivity contribution is 0.0806. The van der Waals surface area contributed by atoms with Gasteiger partial charge in [-0.1, -0.05) is 44.9 Å². The van der Waals surface area contributed by atoms with Crippen molar-refractivity contribution in [3.05, 3.63) is 34.6 Å². The molecule has 0 spiro atoms. The van der Waals surface area contributed by atoms with Gasteiger partial charge in [-0.2, -0.15) is 0 Å². The molecule has 0 radical (unpaired) electrons. The Labute approximate surface area is 127 Å². The highest BCUT2D eigenvalue weighted by molar-refractivity contribution is 6.31. The predicted octanol–water partition coefficient (Wildman–Crippen LogP) is 5.13. The summed E-state index contributed by atoms with van der Waals surface area (Å²) in [5.74, 6) is 0.475. The summed E-state index contributed by atoms with van der Waals surface area (Å²) >= 11 is 6.14. The number of benzene rings is 1. The van der Waals surface area contributed by atoms with E-state index in [0.29, 0.717) is 10.4 Å². The highest BCUT2D eigenvalue weighted by Gasteiger charge is 2.31. The van der Waals surface area contributed by atoms with Gasteiger partial charge >= 0.3 is 0 Å². The largest absolute Gasteiger partial charge is 0.299 e. The van der Waals surface area contributed by atoms with Crippen LogP contribution < -0.4 is 0 Å². The van der Waals surface area contributed by atoms with Crippen LogP contribution >= 0.6 is 11.6 Å². The lowest BCUT2D eigenvalue weighted by Crippen LogP contribution is -2.41. The van der Waals surface area contributed by atoms with Crippen LogP contribution in [0.25, 0.3) is 0 Å². The highest BCUT2D eigenvalue weighted by Crippen LogP contribution is 2.37. The summed E-state index contributed by atoms with van der Waals surface area (Å²) in [4.78, 5) is 2.46. The molecule has 0 aliphatic carbocycles. The number of nitrogens with zero attached hydrogens (tertiary/aromatic N) is 1. The van der Waals surface area contributed by atoms with Crippen molar-refractivity contribution in [1.82, 2.24) is 4.90 Å². The minimum Gasteiger partial charge on any atom is -0.299 e. The van der Waals surface area contributed by atoms with Gasteiger partial charge in [-0.25, -0.2) is 4.39 Å². The molecule has 0 aromatic heterocycles. The molecule has 0 amide bonds. The fraction of sp³-hybridized carbons (Fsp3) is 0.647. The Kier molecular flexibility index (Phi) is 5.09. The van der Waals surface area contributed by atoms with Gasteiger partial charge in [0, 0.05) is 18.1 Å². The van der Waals surface area contributed by atoms with Gasteiger partial charge in [0.05, 0.1) is 0 Å². The fourth-order valence-corrected chi connectivity index (χ4v) is 3.24. The minimum atomic E-state index is -0.262. The summed E-state index contributed by atoms with van der Waals surface area (Å²) < 4.78 is 13.1. The summed E-state index contributed by atoms with van der Waals surface area (Å²) in [5, 5.41) is 0.543. The Balaban J connectivity index is 2.03. The first-order chi connectivity index (χ1) is 9.42. The van der Waals surface area contributed by atoms with Crippen molar-refractivity contribution in [2.75, 3.05) is 13.1 Å². The Morgan fingerprint density at radius 1 is 1.40 bits per heavy atom. The third-order valence-electron chi connectivity index (χ3n) is 4.93. The number of rotatable bonds is 4. The molecule has 1 aromatic carbocycles. The molecule has 1 unspecified atom stereocenters. The van der Waals surface area contributed by atoms with E-state index in [2.05, 4.69) is 25.7 Å². The van der Waals surface area contributed by atoms with E-state index in [1.54, 1.807) is 0 Å². The van der Waals surface area contributed by atoms with E-state index in [9.17, 15) is 4.39 Å². The van der Waals surface area contributed by atoms with E-state index in [-0.39, 0.29) is 5.82 Å². The summed E-state index contributed by atoms with van der Waals surface area (Å²) in [6, 6.07) is 4.72. The van der Waals surface area contributed by atoms with Crippen LogP contribution in [0.3, 0.4) is 0 Å². The van der Waals surface area contributed by atoms with Crippen molar-refractivity contribution in [3.63, 3.8) is 0 Å². The summed E-state index contributed by atoms with van der Waals surface area (Å²) in [5.41, 5.74) is 1.42. The molecule has 1 fully saturated rings. The molecule has 0 N–H and O–H groups in total. The van der Waals surface area contributed by atoms with Gasteiger partial charge in [0.15, 0.2) is 0 Å². The van der Waals surface area contributed by atoms with E-state index in [0.717, 1.165) is 31.1 Å². The second kappa shape index (κ2) is 6.44. The molecular formula is C17H25ClFN.